The van der Waals surface area contributed by atoms with E-state index in [0.717, 1.165) is 32.0 Å². The first-order valence-corrected chi connectivity index (χ1v) is 8.03. The predicted octanol–water partition coefficient (Wildman–Crippen LogP) is 2.43. The summed E-state index contributed by atoms with van der Waals surface area (Å²) >= 11 is 0. The third-order valence-electron chi connectivity index (χ3n) is 4.73. The van der Waals surface area contributed by atoms with E-state index in [1.807, 2.05) is 0 Å². The lowest BCUT2D eigenvalue weighted by Gasteiger charge is -2.37. The second-order valence-electron chi connectivity index (χ2n) is 6.21. The zero-order valence-electron chi connectivity index (χ0n) is 12.9. The Kier molecular flexibility index (Phi) is 4.56. The number of hydrogen-bond donors (Lipinski definition) is 0. The van der Waals surface area contributed by atoms with Gasteiger partial charge in [0.05, 0.1) is 16.6 Å². The van der Waals surface area contributed by atoms with Crippen molar-refractivity contribution in [1.82, 2.24) is 9.80 Å². The van der Waals surface area contributed by atoms with Crippen molar-refractivity contribution < 1.29 is 14.1 Å². The average Bonchev–Trinajstić information content (AvgIpc) is 3.08. The molecule has 1 amide bonds. The van der Waals surface area contributed by atoms with Gasteiger partial charge in [-0.25, -0.2) is 4.39 Å². The van der Waals surface area contributed by atoms with Crippen molar-refractivity contribution in [3.8, 4) is 0 Å². The van der Waals surface area contributed by atoms with Crippen LogP contribution in [0.4, 0.5) is 10.1 Å². The normalized spacial score (nSPS) is 22.3. The first-order chi connectivity index (χ1) is 11.1. The number of non-ortho nitro benzene ring substituents is 1. The first kappa shape index (κ1) is 15.9. The van der Waals surface area contributed by atoms with Crippen molar-refractivity contribution in [2.24, 2.45) is 0 Å². The molecule has 0 spiro atoms. The number of amides is 1. The summed E-state index contributed by atoms with van der Waals surface area (Å²) < 4.78 is 14.1. The molecule has 1 aromatic carbocycles. The summed E-state index contributed by atoms with van der Waals surface area (Å²) in [7, 11) is 0. The number of hydrogen-bond acceptors (Lipinski definition) is 4. The van der Waals surface area contributed by atoms with Gasteiger partial charge in [0.2, 0.25) is 0 Å². The maximum absolute atomic E-state index is 14.1. The molecule has 3 rings (SSSR count). The fourth-order valence-electron chi connectivity index (χ4n) is 3.51. The van der Waals surface area contributed by atoms with Crippen LogP contribution in [0, 0.1) is 15.9 Å². The standard InChI is InChI=1S/C16H20FN3O3/c17-15-10-12(20(22)23)5-6-14(15)16(21)19-9-3-4-13(11-19)18-7-1-2-8-18/h5-6,10,13H,1-4,7-9,11H2/t13-/m1/s1. The lowest BCUT2D eigenvalue weighted by molar-refractivity contribution is -0.385. The zero-order chi connectivity index (χ0) is 16.4. The van der Waals surface area contributed by atoms with E-state index in [1.165, 1.54) is 25.0 Å². The van der Waals surface area contributed by atoms with Crippen LogP contribution in [-0.4, -0.2) is 52.9 Å². The molecular weight excluding hydrogens is 301 g/mol. The van der Waals surface area contributed by atoms with Gasteiger partial charge in [0.15, 0.2) is 0 Å². The number of halogens is 1. The molecule has 7 heteroatoms. The van der Waals surface area contributed by atoms with Gasteiger partial charge in [0, 0.05) is 25.2 Å². The molecule has 0 N–H and O–H groups in total. The van der Waals surface area contributed by atoms with Crippen LogP contribution in [0.5, 0.6) is 0 Å². The molecule has 1 aromatic rings. The lowest BCUT2D eigenvalue weighted by Crippen LogP contribution is -2.49. The molecule has 6 nitrogen and oxygen atoms in total. The largest absolute Gasteiger partial charge is 0.337 e. The van der Waals surface area contributed by atoms with Crippen LogP contribution in [0.3, 0.4) is 0 Å². The maximum atomic E-state index is 14.1. The highest BCUT2D eigenvalue weighted by atomic mass is 19.1. The van der Waals surface area contributed by atoms with E-state index in [-0.39, 0.29) is 17.2 Å². The van der Waals surface area contributed by atoms with E-state index < -0.39 is 10.7 Å². The molecule has 0 aromatic heterocycles. The predicted molar refractivity (Wildman–Crippen MR) is 82.8 cm³/mol. The van der Waals surface area contributed by atoms with Crippen molar-refractivity contribution in [2.45, 2.75) is 31.7 Å². The smallest absolute Gasteiger partial charge is 0.272 e. The van der Waals surface area contributed by atoms with Gasteiger partial charge in [-0.1, -0.05) is 0 Å². The molecule has 0 saturated carbocycles. The molecule has 2 saturated heterocycles. The zero-order valence-corrected chi connectivity index (χ0v) is 12.9. The summed E-state index contributed by atoms with van der Waals surface area (Å²) in [5.74, 6) is -1.20. The molecule has 0 bridgehead atoms. The van der Waals surface area contributed by atoms with E-state index in [9.17, 15) is 19.3 Å². The molecule has 124 valence electrons. The Morgan fingerprint density at radius 2 is 1.96 bits per heavy atom. The summed E-state index contributed by atoms with van der Waals surface area (Å²) in [4.78, 5) is 26.6. The highest BCUT2D eigenvalue weighted by Crippen LogP contribution is 2.23. The molecule has 2 aliphatic rings. The second kappa shape index (κ2) is 6.62. The van der Waals surface area contributed by atoms with E-state index in [0.29, 0.717) is 19.1 Å². The number of likely N-dealkylation sites (tertiary alicyclic amines) is 2. The van der Waals surface area contributed by atoms with Crippen LogP contribution in [0.2, 0.25) is 0 Å². The monoisotopic (exact) mass is 321 g/mol. The van der Waals surface area contributed by atoms with Crippen molar-refractivity contribution in [3.05, 3.63) is 39.7 Å². The Hall–Kier alpha value is -2.02. The van der Waals surface area contributed by atoms with Gasteiger partial charge >= 0.3 is 0 Å². The summed E-state index contributed by atoms with van der Waals surface area (Å²) in [6.07, 6.45) is 4.36. The van der Waals surface area contributed by atoms with E-state index in [4.69, 9.17) is 0 Å². The minimum atomic E-state index is -0.826. The van der Waals surface area contributed by atoms with E-state index in [2.05, 4.69) is 4.90 Å². The third-order valence-corrected chi connectivity index (χ3v) is 4.73. The highest BCUT2D eigenvalue weighted by molar-refractivity contribution is 5.94. The quantitative estimate of drug-likeness (QED) is 0.633. The van der Waals surface area contributed by atoms with Crippen LogP contribution in [0.25, 0.3) is 0 Å². The molecule has 23 heavy (non-hydrogen) atoms. The summed E-state index contributed by atoms with van der Waals surface area (Å²) in [6.45, 7) is 3.35. The van der Waals surface area contributed by atoms with Crippen LogP contribution >= 0.6 is 0 Å². The summed E-state index contributed by atoms with van der Waals surface area (Å²) in [5.41, 5.74) is -0.426. The van der Waals surface area contributed by atoms with Crippen molar-refractivity contribution in [3.63, 3.8) is 0 Å². The van der Waals surface area contributed by atoms with Gasteiger partial charge in [0.25, 0.3) is 11.6 Å². The number of benzene rings is 1. The Morgan fingerprint density at radius 3 is 2.61 bits per heavy atom. The van der Waals surface area contributed by atoms with Gasteiger partial charge in [0.1, 0.15) is 5.82 Å². The van der Waals surface area contributed by atoms with Crippen LogP contribution in [-0.2, 0) is 0 Å². The van der Waals surface area contributed by atoms with Crippen molar-refractivity contribution in [1.29, 1.82) is 0 Å². The summed E-state index contributed by atoms with van der Waals surface area (Å²) in [5, 5.41) is 10.7. The molecule has 0 aliphatic carbocycles. The van der Waals surface area contributed by atoms with E-state index >= 15 is 0 Å². The van der Waals surface area contributed by atoms with E-state index in [1.54, 1.807) is 4.90 Å². The molecule has 0 radical (unpaired) electrons. The summed E-state index contributed by atoms with van der Waals surface area (Å²) in [6, 6.07) is 3.55. The van der Waals surface area contributed by atoms with Crippen molar-refractivity contribution >= 4 is 11.6 Å². The number of nitrogens with zero attached hydrogens (tertiary/aromatic N) is 3. The Bertz CT molecular complexity index is 617. The fraction of sp³-hybridized carbons (Fsp3) is 0.562. The number of carbonyl (C=O) groups excluding carboxylic acids is 1. The number of nitro benzene ring substituents is 1. The molecular formula is C16H20FN3O3. The van der Waals surface area contributed by atoms with Crippen LogP contribution < -0.4 is 0 Å². The SMILES string of the molecule is O=C(c1ccc([N+](=O)[O-])cc1F)N1CCC[C@@H](N2CCCC2)C1. The number of piperidine rings is 1. The molecule has 1 atom stereocenters. The maximum Gasteiger partial charge on any atom is 0.272 e. The lowest BCUT2D eigenvalue weighted by atomic mass is 10.0. The van der Waals surface area contributed by atoms with Crippen molar-refractivity contribution in [2.75, 3.05) is 26.2 Å². The third kappa shape index (κ3) is 3.34. The molecule has 2 heterocycles. The minimum absolute atomic E-state index is 0.0855. The Labute approximate surface area is 134 Å². The fourth-order valence-corrected chi connectivity index (χ4v) is 3.51. The molecule has 2 aliphatic heterocycles. The highest BCUT2D eigenvalue weighted by Gasteiger charge is 2.30. The minimum Gasteiger partial charge on any atom is -0.337 e. The van der Waals surface area contributed by atoms with Crippen LogP contribution in [0.15, 0.2) is 18.2 Å². The first-order valence-electron chi connectivity index (χ1n) is 8.03. The number of nitro groups is 1. The second-order valence-corrected chi connectivity index (χ2v) is 6.21. The number of carbonyl (C=O) groups is 1. The average molecular weight is 321 g/mol. The number of rotatable bonds is 3. The molecule has 0 unspecified atom stereocenters. The van der Waals surface area contributed by atoms with Gasteiger partial charge in [-0.2, -0.15) is 0 Å². The van der Waals surface area contributed by atoms with Gasteiger partial charge in [-0.3, -0.25) is 19.8 Å². The van der Waals surface area contributed by atoms with Gasteiger partial charge in [-0.15, -0.1) is 0 Å². The van der Waals surface area contributed by atoms with Gasteiger partial charge < -0.3 is 4.90 Å². The van der Waals surface area contributed by atoms with Crippen LogP contribution in [0.1, 0.15) is 36.0 Å². The molecule has 2 fully saturated rings. The topological polar surface area (TPSA) is 66.7 Å². The Balaban J connectivity index is 1.73. The Morgan fingerprint density at radius 1 is 1.22 bits per heavy atom. The van der Waals surface area contributed by atoms with Gasteiger partial charge in [-0.05, 0) is 44.8 Å².